The summed E-state index contributed by atoms with van der Waals surface area (Å²) in [7, 11) is -0.236. The Labute approximate surface area is 282 Å². The van der Waals surface area contributed by atoms with Crippen LogP contribution in [0.15, 0.2) is 42.5 Å². The Balaban J connectivity index is 1.86. The van der Waals surface area contributed by atoms with Gasteiger partial charge in [-0.1, -0.05) is 44.5 Å². The topological polar surface area (TPSA) is 101 Å². The standard InChI is InChI=1S/C35H46ClF2N5O3Si/c1-10-39-32-29-27(36)14-13-26(31(29)43(7)42-32)25-12-11-24(15-16-35(5,6)46-47(8,9)34(2,3)4)40-30(25)28(41-33(44)45)19-21-17-22(37)20-23(38)18-21/h11-14,17-18,20,28,41H,10,15-16,19H2,1-9H3,(H,39,42)(H,44,45). The highest BCUT2D eigenvalue weighted by molar-refractivity contribution is 6.74. The lowest BCUT2D eigenvalue weighted by Crippen LogP contribution is -2.47. The summed E-state index contributed by atoms with van der Waals surface area (Å²) in [5.41, 5.74) is 3.14. The molecule has 2 heterocycles. The normalized spacial score (nSPS) is 13.2. The largest absolute Gasteiger partial charge is 0.465 e. The van der Waals surface area contributed by atoms with Crippen molar-refractivity contribution in [1.29, 1.82) is 0 Å². The third kappa shape index (κ3) is 8.49. The second-order valence-electron chi connectivity index (χ2n) is 14.2. The second-order valence-corrected chi connectivity index (χ2v) is 19.3. The Morgan fingerprint density at radius 1 is 1.06 bits per heavy atom. The van der Waals surface area contributed by atoms with Gasteiger partial charge in [-0.05, 0) is 88.0 Å². The molecule has 0 fully saturated rings. The first-order valence-electron chi connectivity index (χ1n) is 15.9. The Morgan fingerprint density at radius 2 is 1.70 bits per heavy atom. The van der Waals surface area contributed by atoms with Gasteiger partial charge in [0, 0.05) is 36.5 Å². The highest BCUT2D eigenvalue weighted by Gasteiger charge is 2.41. The number of anilines is 1. The average Bonchev–Trinajstić information content (AvgIpc) is 3.26. The first-order valence-corrected chi connectivity index (χ1v) is 19.1. The lowest BCUT2D eigenvalue weighted by molar-refractivity contribution is 0.0824. The summed E-state index contributed by atoms with van der Waals surface area (Å²) in [4.78, 5) is 17.2. The maximum Gasteiger partial charge on any atom is 0.405 e. The van der Waals surface area contributed by atoms with Crippen molar-refractivity contribution in [3.05, 3.63) is 76.1 Å². The van der Waals surface area contributed by atoms with Crippen molar-refractivity contribution in [3.63, 3.8) is 0 Å². The van der Waals surface area contributed by atoms with E-state index in [0.29, 0.717) is 47.0 Å². The zero-order valence-corrected chi connectivity index (χ0v) is 30.4. The number of nitrogens with zero attached hydrogens (tertiary/aromatic N) is 3. The number of amides is 1. The first-order chi connectivity index (χ1) is 21.8. The van der Waals surface area contributed by atoms with Crippen LogP contribution in [0.3, 0.4) is 0 Å². The summed E-state index contributed by atoms with van der Waals surface area (Å²) in [6, 6.07) is 9.75. The van der Waals surface area contributed by atoms with E-state index in [4.69, 9.17) is 21.0 Å². The van der Waals surface area contributed by atoms with E-state index in [1.807, 2.05) is 32.2 Å². The maximum absolute atomic E-state index is 14.2. The van der Waals surface area contributed by atoms with Crippen LogP contribution in [0.5, 0.6) is 0 Å². The number of carbonyl (C=O) groups is 1. The molecule has 0 aliphatic rings. The number of hydrogen-bond acceptors (Lipinski definition) is 5. The molecule has 1 atom stereocenters. The van der Waals surface area contributed by atoms with Crippen LogP contribution in [0.4, 0.5) is 19.4 Å². The highest BCUT2D eigenvalue weighted by atomic mass is 35.5. The molecule has 12 heteroatoms. The van der Waals surface area contributed by atoms with Gasteiger partial charge in [0.15, 0.2) is 14.1 Å². The molecule has 47 heavy (non-hydrogen) atoms. The number of rotatable bonds is 12. The minimum Gasteiger partial charge on any atom is -0.465 e. The van der Waals surface area contributed by atoms with E-state index in [1.165, 1.54) is 12.1 Å². The van der Waals surface area contributed by atoms with Crippen molar-refractivity contribution in [2.24, 2.45) is 7.05 Å². The van der Waals surface area contributed by atoms with Crippen LogP contribution in [0.25, 0.3) is 22.0 Å². The van der Waals surface area contributed by atoms with Crippen molar-refractivity contribution in [1.82, 2.24) is 20.1 Å². The van der Waals surface area contributed by atoms with Crippen molar-refractivity contribution in [2.75, 3.05) is 11.9 Å². The number of benzene rings is 2. The summed E-state index contributed by atoms with van der Waals surface area (Å²) < 4.78 is 37.0. The number of fused-ring (bicyclic) bond motifs is 1. The summed E-state index contributed by atoms with van der Waals surface area (Å²) in [5.74, 6) is -0.863. The molecule has 0 aliphatic carbocycles. The van der Waals surface area contributed by atoms with Gasteiger partial charge in [-0.2, -0.15) is 5.10 Å². The van der Waals surface area contributed by atoms with Crippen molar-refractivity contribution in [3.8, 4) is 11.1 Å². The molecule has 1 amide bonds. The van der Waals surface area contributed by atoms with Gasteiger partial charge in [-0.15, -0.1) is 0 Å². The molecule has 2 aromatic carbocycles. The third-order valence-electron chi connectivity index (χ3n) is 8.87. The number of aryl methyl sites for hydroxylation is 2. The Bertz CT molecular complexity index is 1750. The van der Waals surface area contributed by atoms with Crippen LogP contribution in [0.1, 0.15) is 71.0 Å². The van der Waals surface area contributed by atoms with Gasteiger partial charge < -0.3 is 20.2 Å². The first kappa shape index (κ1) is 36.3. The van der Waals surface area contributed by atoms with E-state index in [9.17, 15) is 18.7 Å². The van der Waals surface area contributed by atoms with Gasteiger partial charge >= 0.3 is 6.09 Å². The van der Waals surface area contributed by atoms with Crippen LogP contribution in [0.2, 0.25) is 23.2 Å². The zero-order valence-electron chi connectivity index (χ0n) is 28.7. The van der Waals surface area contributed by atoms with E-state index in [-0.39, 0.29) is 11.5 Å². The number of carboxylic acid groups (broad SMARTS) is 1. The molecule has 0 saturated carbocycles. The maximum atomic E-state index is 14.2. The van der Waals surface area contributed by atoms with Crippen molar-refractivity contribution < 1.29 is 23.1 Å². The molecule has 2 aromatic heterocycles. The molecule has 4 rings (SSSR count). The molecule has 254 valence electrons. The van der Waals surface area contributed by atoms with E-state index in [0.717, 1.165) is 28.2 Å². The quantitative estimate of drug-likeness (QED) is 0.129. The molecule has 3 N–H and O–H groups in total. The summed E-state index contributed by atoms with van der Waals surface area (Å²) in [6.45, 7) is 17.9. The lowest BCUT2D eigenvalue weighted by atomic mass is 9.93. The number of pyridine rings is 1. The number of halogens is 3. The van der Waals surface area contributed by atoms with E-state index >= 15 is 0 Å². The average molecular weight is 686 g/mol. The SMILES string of the molecule is CCNc1nn(C)c2c(-c3ccc(CCC(C)(C)O[Si](C)(C)C(C)(C)C)nc3C(Cc3cc(F)cc(F)c3)NC(=O)O)ccc(Cl)c12. The minimum absolute atomic E-state index is 0.0326. The third-order valence-corrected chi connectivity index (χ3v) is 13.9. The van der Waals surface area contributed by atoms with Gasteiger partial charge in [0.05, 0.1) is 33.3 Å². The molecule has 0 bridgehead atoms. The Morgan fingerprint density at radius 3 is 2.30 bits per heavy atom. The Hall–Kier alpha value is -3.54. The van der Waals surface area contributed by atoms with Crippen LogP contribution in [0, 0.1) is 11.6 Å². The summed E-state index contributed by atoms with van der Waals surface area (Å²) in [5, 5.41) is 21.7. The zero-order chi connectivity index (χ0) is 34.9. The summed E-state index contributed by atoms with van der Waals surface area (Å²) in [6.07, 6.45) is -0.0774. The van der Waals surface area contributed by atoms with E-state index in [2.05, 4.69) is 63.4 Å². The predicted molar refractivity (Wildman–Crippen MR) is 188 cm³/mol. The highest BCUT2D eigenvalue weighted by Crippen LogP contribution is 2.41. The van der Waals surface area contributed by atoms with Crippen LogP contribution < -0.4 is 10.6 Å². The molecule has 8 nitrogen and oxygen atoms in total. The predicted octanol–water partition coefficient (Wildman–Crippen LogP) is 9.28. The van der Waals surface area contributed by atoms with Crippen molar-refractivity contribution >= 4 is 42.7 Å². The summed E-state index contributed by atoms with van der Waals surface area (Å²) >= 11 is 6.68. The molecular weight excluding hydrogens is 640 g/mol. The minimum atomic E-state index is -2.05. The van der Waals surface area contributed by atoms with Gasteiger partial charge in [0.2, 0.25) is 0 Å². The van der Waals surface area contributed by atoms with E-state index in [1.54, 1.807) is 10.7 Å². The van der Waals surface area contributed by atoms with E-state index < -0.39 is 37.7 Å². The van der Waals surface area contributed by atoms with Crippen LogP contribution in [-0.2, 0) is 24.3 Å². The monoisotopic (exact) mass is 685 g/mol. The molecule has 1 unspecified atom stereocenters. The molecule has 4 aromatic rings. The fraction of sp³-hybridized carbons (Fsp3) is 0.457. The molecule has 0 radical (unpaired) electrons. The van der Waals surface area contributed by atoms with Crippen LogP contribution >= 0.6 is 11.6 Å². The lowest BCUT2D eigenvalue weighted by Gasteiger charge is -2.43. The fourth-order valence-corrected chi connectivity index (χ4v) is 7.72. The van der Waals surface area contributed by atoms with Crippen molar-refractivity contribution in [2.45, 2.75) is 90.6 Å². The van der Waals surface area contributed by atoms with Gasteiger partial charge in [0.25, 0.3) is 0 Å². The number of hydrogen-bond donors (Lipinski definition) is 3. The number of nitrogens with one attached hydrogen (secondary N) is 2. The number of aromatic nitrogens is 3. The van der Waals surface area contributed by atoms with Gasteiger partial charge in [0.1, 0.15) is 11.6 Å². The van der Waals surface area contributed by atoms with Gasteiger partial charge in [-0.3, -0.25) is 9.67 Å². The molecule has 0 aliphatic heterocycles. The smallest absolute Gasteiger partial charge is 0.405 e. The molecular formula is C35H46ClF2N5O3Si. The fourth-order valence-electron chi connectivity index (χ4n) is 5.69. The molecule has 0 saturated heterocycles. The van der Waals surface area contributed by atoms with Gasteiger partial charge in [-0.25, -0.2) is 13.6 Å². The Kier molecular flexibility index (Phi) is 10.7. The second kappa shape index (κ2) is 13.9. The molecule has 0 spiro atoms. The van der Waals surface area contributed by atoms with Crippen LogP contribution in [-0.4, -0.2) is 46.4 Å².